The molecular formula is C10H17F2O5P. The van der Waals surface area contributed by atoms with Gasteiger partial charge in [-0.3, -0.25) is 4.89 Å². The van der Waals surface area contributed by atoms with Gasteiger partial charge in [-0.1, -0.05) is 12.0 Å². The predicted octanol–water partition coefficient (Wildman–Crippen LogP) is 1.61. The Labute approximate surface area is 105 Å². The zero-order valence-electron chi connectivity index (χ0n) is 9.96. The molecule has 0 spiro atoms. The molecule has 0 saturated heterocycles. The maximum atomic E-state index is 10.1. The zero-order valence-corrected chi connectivity index (χ0v) is 10.9. The topological polar surface area (TPSA) is 76.0 Å². The summed E-state index contributed by atoms with van der Waals surface area (Å²) < 4.78 is 38.8. The highest BCUT2D eigenvalue weighted by Crippen LogP contribution is 2.43. The number of rotatable bonds is 7. The summed E-state index contributed by atoms with van der Waals surface area (Å²) in [5.74, 6) is 2.31. The molecule has 0 radical (unpaired) electrons. The van der Waals surface area contributed by atoms with Crippen LogP contribution in [0.3, 0.4) is 0 Å². The summed E-state index contributed by atoms with van der Waals surface area (Å²) in [5, 5.41) is 9.27. The lowest BCUT2D eigenvalue weighted by Gasteiger charge is -2.13. The van der Waals surface area contributed by atoms with Crippen molar-refractivity contribution in [2.24, 2.45) is 0 Å². The highest BCUT2D eigenvalue weighted by molar-refractivity contribution is 7.46. The van der Waals surface area contributed by atoms with Crippen molar-refractivity contribution < 1.29 is 32.4 Å². The number of halogens is 2. The molecule has 5 nitrogen and oxygen atoms in total. The lowest BCUT2D eigenvalue weighted by Crippen LogP contribution is -2.24. The van der Waals surface area contributed by atoms with E-state index < -0.39 is 14.1 Å². The van der Waals surface area contributed by atoms with Crippen molar-refractivity contribution >= 4 is 7.99 Å². The molecule has 0 aliphatic rings. The number of terminal acetylenes is 1. The van der Waals surface area contributed by atoms with Crippen LogP contribution in [0.15, 0.2) is 12.7 Å². The van der Waals surface area contributed by atoms with Crippen molar-refractivity contribution in [1.82, 2.24) is 0 Å². The molecule has 0 aliphatic carbocycles. The second-order valence-corrected chi connectivity index (χ2v) is 3.95. The number of ether oxygens (including phenoxy) is 2. The van der Waals surface area contributed by atoms with Crippen molar-refractivity contribution in [3.05, 3.63) is 12.7 Å². The minimum absolute atomic E-state index is 0.0534. The van der Waals surface area contributed by atoms with Gasteiger partial charge in [0.05, 0.1) is 19.3 Å². The second kappa shape index (κ2) is 11.3. The fourth-order valence-corrected chi connectivity index (χ4v) is 0.633. The third-order valence-electron chi connectivity index (χ3n) is 1.38. The molecule has 0 aliphatic heterocycles. The summed E-state index contributed by atoms with van der Waals surface area (Å²) in [4.78, 5) is 6.74. The van der Waals surface area contributed by atoms with E-state index in [4.69, 9.17) is 25.4 Å². The van der Waals surface area contributed by atoms with E-state index in [0.717, 1.165) is 0 Å². The first-order valence-electron chi connectivity index (χ1n) is 4.86. The molecule has 0 amide bonds. The maximum Gasteiger partial charge on any atom is 0.549 e. The van der Waals surface area contributed by atoms with Gasteiger partial charge < -0.3 is 14.6 Å². The molecule has 0 fully saturated rings. The van der Waals surface area contributed by atoms with Crippen LogP contribution in [0.25, 0.3) is 0 Å². The Kier molecular flexibility index (Phi) is 12.3. The standard InChI is InChI=1S/C10H16O3.F2HO2P/c1-4-6-12-7-10(11)8-13-9(3)5-2;1-5(2,3)4/h1,5,9-11H,2,6-8H2,3H3;(H,3,4). The average Bonchev–Trinajstić information content (AvgIpc) is 2.24. The second-order valence-electron chi connectivity index (χ2n) is 3.08. The first-order valence-corrected chi connectivity index (χ1v) is 6.30. The van der Waals surface area contributed by atoms with Crippen LogP contribution in [0.2, 0.25) is 0 Å². The lowest BCUT2D eigenvalue weighted by molar-refractivity contribution is -0.0238. The molecule has 0 rings (SSSR count). The molecule has 0 heterocycles. The largest absolute Gasteiger partial charge is 0.549 e. The number of aliphatic hydroxyl groups excluding tert-OH is 1. The Morgan fingerprint density at radius 2 is 2.06 bits per heavy atom. The Bertz CT molecular complexity index is 291. The van der Waals surface area contributed by atoms with Gasteiger partial charge in [-0.25, -0.2) is 4.57 Å². The van der Waals surface area contributed by atoms with Gasteiger partial charge in [-0.2, -0.15) is 0 Å². The summed E-state index contributed by atoms with van der Waals surface area (Å²) in [6, 6.07) is 0. The van der Waals surface area contributed by atoms with Crippen LogP contribution in [0.4, 0.5) is 8.39 Å². The van der Waals surface area contributed by atoms with Gasteiger partial charge in [0.2, 0.25) is 0 Å². The molecule has 0 aromatic carbocycles. The Balaban J connectivity index is 0. The van der Waals surface area contributed by atoms with Crippen LogP contribution < -0.4 is 0 Å². The van der Waals surface area contributed by atoms with Crippen molar-refractivity contribution in [2.45, 2.75) is 19.1 Å². The Morgan fingerprint density at radius 1 is 1.56 bits per heavy atom. The van der Waals surface area contributed by atoms with E-state index in [1.54, 1.807) is 6.08 Å². The predicted molar refractivity (Wildman–Crippen MR) is 63.3 cm³/mol. The lowest BCUT2D eigenvalue weighted by atomic mass is 10.4. The summed E-state index contributed by atoms with van der Waals surface area (Å²) in [6.45, 7) is 6.05. The maximum absolute atomic E-state index is 10.1. The molecule has 0 bridgehead atoms. The van der Waals surface area contributed by atoms with Crippen LogP contribution >= 0.6 is 7.99 Å². The molecule has 2 unspecified atom stereocenters. The third-order valence-corrected chi connectivity index (χ3v) is 1.38. The monoisotopic (exact) mass is 286 g/mol. The van der Waals surface area contributed by atoms with Crippen LogP contribution in [0.5, 0.6) is 0 Å². The molecule has 2 N–H and O–H groups in total. The third kappa shape index (κ3) is 24.5. The van der Waals surface area contributed by atoms with Crippen LogP contribution in [0, 0.1) is 12.3 Å². The van der Waals surface area contributed by atoms with Crippen molar-refractivity contribution in [3.8, 4) is 12.3 Å². The van der Waals surface area contributed by atoms with E-state index in [0.29, 0.717) is 0 Å². The van der Waals surface area contributed by atoms with Gasteiger partial charge >= 0.3 is 7.99 Å². The molecule has 2 atom stereocenters. The van der Waals surface area contributed by atoms with Gasteiger partial charge in [0.1, 0.15) is 12.7 Å². The van der Waals surface area contributed by atoms with Gasteiger partial charge in [-0.15, -0.1) is 21.4 Å². The molecule has 0 aromatic heterocycles. The van der Waals surface area contributed by atoms with E-state index in [9.17, 15) is 13.5 Å². The number of hydrogen-bond donors (Lipinski definition) is 2. The summed E-state index contributed by atoms with van der Waals surface area (Å²) in [6.07, 6.45) is 5.94. The number of hydrogen-bond acceptors (Lipinski definition) is 4. The first-order chi connectivity index (χ1) is 8.20. The first kappa shape index (κ1) is 19.6. The molecule has 106 valence electrons. The fraction of sp³-hybridized carbons (Fsp3) is 0.600. The molecule has 0 aromatic rings. The molecule has 8 heteroatoms. The molecular weight excluding hydrogens is 269 g/mol. The van der Waals surface area contributed by atoms with Crippen LogP contribution in [-0.2, 0) is 14.0 Å². The van der Waals surface area contributed by atoms with Gasteiger partial charge in [0, 0.05) is 0 Å². The van der Waals surface area contributed by atoms with Crippen molar-refractivity contribution in [1.29, 1.82) is 0 Å². The minimum Gasteiger partial charge on any atom is -0.388 e. The van der Waals surface area contributed by atoms with E-state index in [2.05, 4.69) is 12.5 Å². The fourth-order valence-electron chi connectivity index (χ4n) is 0.633. The van der Waals surface area contributed by atoms with Crippen molar-refractivity contribution in [3.63, 3.8) is 0 Å². The average molecular weight is 286 g/mol. The van der Waals surface area contributed by atoms with Gasteiger partial charge in [0.25, 0.3) is 0 Å². The smallest absolute Gasteiger partial charge is 0.388 e. The van der Waals surface area contributed by atoms with E-state index in [1.807, 2.05) is 6.92 Å². The molecule has 0 saturated carbocycles. The minimum atomic E-state index is -5.64. The normalized spacial score (nSPS) is 13.8. The van der Waals surface area contributed by atoms with Gasteiger partial charge in [-0.05, 0) is 6.92 Å². The Hall–Kier alpha value is -0.770. The van der Waals surface area contributed by atoms with Gasteiger partial charge in [0.15, 0.2) is 0 Å². The highest BCUT2D eigenvalue weighted by Gasteiger charge is 2.09. The summed E-state index contributed by atoms with van der Waals surface area (Å²) >= 11 is 0. The van der Waals surface area contributed by atoms with Crippen LogP contribution in [0.1, 0.15) is 6.92 Å². The SMILES string of the molecule is C#CCOCC(O)COC(C)C=C.O=P(O)(F)F. The quantitative estimate of drug-likeness (QED) is 0.322. The van der Waals surface area contributed by atoms with Crippen molar-refractivity contribution in [2.75, 3.05) is 19.8 Å². The van der Waals surface area contributed by atoms with Crippen LogP contribution in [-0.4, -0.2) is 42.0 Å². The number of aliphatic hydroxyl groups is 1. The zero-order chi connectivity index (χ0) is 14.6. The summed E-state index contributed by atoms with van der Waals surface area (Å²) in [7, 11) is -5.64. The van der Waals surface area contributed by atoms with E-state index >= 15 is 0 Å². The highest BCUT2D eigenvalue weighted by atomic mass is 31.2. The Morgan fingerprint density at radius 3 is 2.44 bits per heavy atom. The van der Waals surface area contributed by atoms with E-state index in [-0.39, 0.29) is 25.9 Å². The molecule has 18 heavy (non-hydrogen) atoms. The van der Waals surface area contributed by atoms with E-state index in [1.165, 1.54) is 0 Å². The summed E-state index contributed by atoms with van der Waals surface area (Å²) in [5.41, 5.74) is 0.